The van der Waals surface area contributed by atoms with Crippen LogP contribution in [0.15, 0.2) is 12.1 Å². The maximum absolute atomic E-state index is 11.9. The number of nitrogen functional groups attached to an aromatic ring is 1. The number of carbonyl (C=O) groups is 1. The largest absolute Gasteiger partial charge is 0.399 e. The van der Waals surface area contributed by atoms with E-state index in [2.05, 4.69) is 11.4 Å². The minimum absolute atomic E-state index is 0.155. The molecule has 3 N–H and O–H groups in total. The molecule has 0 fully saturated rings. The maximum Gasteiger partial charge on any atom is 0.224 e. The average molecular weight is 329 g/mol. The van der Waals surface area contributed by atoms with Crippen LogP contribution in [0.3, 0.4) is 0 Å². The van der Waals surface area contributed by atoms with Crippen LogP contribution in [-0.2, 0) is 4.79 Å². The van der Waals surface area contributed by atoms with Crippen molar-refractivity contribution in [1.82, 2.24) is 4.90 Å². The molecule has 0 unspecified atom stereocenters. The van der Waals surface area contributed by atoms with E-state index in [9.17, 15) is 4.79 Å². The minimum Gasteiger partial charge on any atom is -0.399 e. The first-order chi connectivity index (χ1) is 9.93. The van der Waals surface area contributed by atoms with Crippen molar-refractivity contribution in [1.29, 1.82) is 5.26 Å². The van der Waals surface area contributed by atoms with Crippen LogP contribution in [0.25, 0.3) is 0 Å². The van der Waals surface area contributed by atoms with Gasteiger partial charge in [0.25, 0.3) is 0 Å². The number of hydrogen-bond acceptors (Lipinski definition) is 4. The van der Waals surface area contributed by atoms with Crippen molar-refractivity contribution >= 4 is 40.5 Å². The highest BCUT2D eigenvalue weighted by Crippen LogP contribution is 2.32. The van der Waals surface area contributed by atoms with Crippen molar-refractivity contribution in [3.8, 4) is 6.07 Å². The Hall–Kier alpha value is -1.48. The lowest BCUT2D eigenvalue weighted by atomic mass is 10.2. The molecule has 1 rings (SSSR count). The quantitative estimate of drug-likeness (QED) is 0.753. The summed E-state index contributed by atoms with van der Waals surface area (Å²) in [6.07, 6.45) is 1.53. The molecule has 114 valence electrons. The molecule has 0 saturated heterocycles. The van der Waals surface area contributed by atoms with Crippen LogP contribution in [0.2, 0.25) is 10.0 Å². The summed E-state index contributed by atoms with van der Waals surface area (Å²) in [5, 5.41) is 11.8. The number of anilines is 2. The van der Waals surface area contributed by atoms with E-state index in [4.69, 9.17) is 34.2 Å². The number of hydrogen-bond donors (Lipinski definition) is 2. The molecule has 0 radical (unpaired) electrons. The normalized spacial score (nSPS) is 10.4. The smallest absolute Gasteiger partial charge is 0.224 e. The van der Waals surface area contributed by atoms with Gasteiger partial charge < -0.3 is 16.0 Å². The van der Waals surface area contributed by atoms with Crippen LogP contribution in [0.5, 0.6) is 0 Å². The number of rotatable bonds is 7. The summed E-state index contributed by atoms with van der Waals surface area (Å²) >= 11 is 12.0. The topological polar surface area (TPSA) is 82.2 Å². The summed E-state index contributed by atoms with van der Waals surface area (Å²) in [4.78, 5) is 13.9. The molecule has 1 amide bonds. The van der Waals surface area contributed by atoms with E-state index in [1.165, 1.54) is 0 Å². The second kappa shape index (κ2) is 8.73. The van der Waals surface area contributed by atoms with Crippen LogP contribution >= 0.6 is 23.2 Å². The van der Waals surface area contributed by atoms with Gasteiger partial charge in [-0.25, -0.2) is 0 Å². The summed E-state index contributed by atoms with van der Waals surface area (Å²) < 4.78 is 0. The molecule has 0 aliphatic carbocycles. The van der Waals surface area contributed by atoms with E-state index in [0.717, 1.165) is 6.54 Å². The Labute approximate surface area is 134 Å². The number of amides is 1. The molecule has 0 saturated carbocycles. The van der Waals surface area contributed by atoms with Crippen molar-refractivity contribution in [2.75, 3.05) is 31.2 Å². The molecule has 0 spiro atoms. The highest BCUT2D eigenvalue weighted by molar-refractivity contribution is 6.40. The summed E-state index contributed by atoms with van der Waals surface area (Å²) in [5.41, 5.74) is 6.43. The summed E-state index contributed by atoms with van der Waals surface area (Å²) in [6.45, 7) is 1.45. The van der Waals surface area contributed by atoms with Crippen molar-refractivity contribution < 1.29 is 4.79 Å². The Bertz CT molecular complexity index is 519. The van der Waals surface area contributed by atoms with Crippen LogP contribution in [-0.4, -0.2) is 30.9 Å². The third kappa shape index (κ3) is 6.21. The van der Waals surface area contributed by atoms with Crippen molar-refractivity contribution in [2.24, 2.45) is 0 Å². The molecular formula is C14H18Cl2N4O. The fraction of sp³-hybridized carbons (Fsp3) is 0.429. The second-order valence-electron chi connectivity index (χ2n) is 4.72. The van der Waals surface area contributed by atoms with E-state index >= 15 is 0 Å². The van der Waals surface area contributed by atoms with Gasteiger partial charge in [0.2, 0.25) is 5.91 Å². The SMILES string of the molecule is CN(CCC#N)CCCC(=O)Nc1c(Cl)cc(N)cc1Cl. The molecule has 0 aromatic heterocycles. The van der Waals surface area contributed by atoms with Crippen molar-refractivity contribution in [3.05, 3.63) is 22.2 Å². The number of nitrogens with two attached hydrogens (primary N) is 1. The standard InChI is InChI=1S/C14H18Cl2N4O/c1-20(7-3-5-17)6-2-4-13(21)19-14-11(15)8-10(18)9-12(14)16/h8-9H,2-4,6-7,18H2,1H3,(H,19,21). The fourth-order valence-electron chi connectivity index (χ4n) is 1.78. The second-order valence-corrected chi connectivity index (χ2v) is 5.54. The van der Waals surface area contributed by atoms with Gasteiger partial charge in [-0.2, -0.15) is 5.26 Å². The molecule has 0 bridgehead atoms. The highest BCUT2D eigenvalue weighted by Gasteiger charge is 2.11. The lowest BCUT2D eigenvalue weighted by molar-refractivity contribution is -0.116. The van der Waals surface area contributed by atoms with Gasteiger partial charge in [0.15, 0.2) is 0 Å². The van der Waals surface area contributed by atoms with Crippen LogP contribution in [0.1, 0.15) is 19.3 Å². The molecule has 0 aliphatic heterocycles. The minimum atomic E-state index is -0.155. The van der Waals surface area contributed by atoms with Gasteiger partial charge in [0.1, 0.15) is 0 Å². The van der Waals surface area contributed by atoms with Gasteiger partial charge in [0.05, 0.1) is 21.8 Å². The van der Waals surface area contributed by atoms with Gasteiger partial charge in [-0.1, -0.05) is 23.2 Å². The summed E-state index contributed by atoms with van der Waals surface area (Å²) in [6, 6.07) is 5.17. The molecule has 21 heavy (non-hydrogen) atoms. The lowest BCUT2D eigenvalue weighted by Gasteiger charge is -2.14. The summed E-state index contributed by atoms with van der Waals surface area (Å²) in [7, 11) is 1.92. The molecule has 5 nitrogen and oxygen atoms in total. The summed E-state index contributed by atoms with van der Waals surface area (Å²) in [5.74, 6) is -0.155. The third-order valence-electron chi connectivity index (χ3n) is 2.88. The van der Waals surface area contributed by atoms with Gasteiger partial charge >= 0.3 is 0 Å². The number of benzene rings is 1. The predicted molar refractivity (Wildman–Crippen MR) is 86.5 cm³/mol. The first-order valence-electron chi connectivity index (χ1n) is 6.54. The fourth-order valence-corrected chi connectivity index (χ4v) is 2.37. The van der Waals surface area contributed by atoms with Crippen molar-refractivity contribution in [2.45, 2.75) is 19.3 Å². The number of nitriles is 1. The predicted octanol–water partition coefficient (Wildman–Crippen LogP) is 3.14. The van der Waals surface area contributed by atoms with Crippen LogP contribution in [0, 0.1) is 11.3 Å². The Balaban J connectivity index is 2.43. The van der Waals surface area contributed by atoms with E-state index in [1.54, 1.807) is 12.1 Å². The van der Waals surface area contributed by atoms with Crippen LogP contribution in [0.4, 0.5) is 11.4 Å². The zero-order valence-corrected chi connectivity index (χ0v) is 13.3. The molecular weight excluding hydrogens is 311 g/mol. The monoisotopic (exact) mass is 328 g/mol. The van der Waals surface area contributed by atoms with Gasteiger partial charge in [-0.05, 0) is 32.1 Å². The average Bonchev–Trinajstić information content (AvgIpc) is 2.40. The van der Waals surface area contributed by atoms with Crippen LogP contribution < -0.4 is 11.1 Å². The molecule has 1 aromatic carbocycles. The third-order valence-corrected chi connectivity index (χ3v) is 3.47. The van der Waals surface area contributed by atoms with Gasteiger partial charge in [0, 0.05) is 25.1 Å². The van der Waals surface area contributed by atoms with E-state index in [-0.39, 0.29) is 5.91 Å². The number of carbonyl (C=O) groups excluding carboxylic acids is 1. The van der Waals surface area contributed by atoms with Gasteiger partial charge in [-0.15, -0.1) is 0 Å². The Morgan fingerprint density at radius 2 is 2.00 bits per heavy atom. The van der Waals surface area contributed by atoms with Crippen molar-refractivity contribution in [3.63, 3.8) is 0 Å². The lowest BCUT2D eigenvalue weighted by Crippen LogP contribution is -2.22. The number of nitrogens with one attached hydrogen (secondary N) is 1. The van der Waals surface area contributed by atoms with E-state index in [1.807, 2.05) is 11.9 Å². The molecule has 7 heteroatoms. The maximum atomic E-state index is 11.9. The zero-order valence-electron chi connectivity index (χ0n) is 11.8. The Morgan fingerprint density at radius 1 is 1.38 bits per heavy atom. The first kappa shape index (κ1) is 17.6. The molecule has 1 aromatic rings. The zero-order chi connectivity index (χ0) is 15.8. The van der Waals surface area contributed by atoms with Gasteiger partial charge in [-0.3, -0.25) is 4.79 Å². The van der Waals surface area contributed by atoms with E-state index in [0.29, 0.717) is 47.2 Å². The highest BCUT2D eigenvalue weighted by atomic mass is 35.5. The molecule has 0 heterocycles. The van der Waals surface area contributed by atoms with E-state index < -0.39 is 0 Å². The number of halogens is 2. The number of nitrogens with zero attached hydrogens (tertiary/aromatic N) is 2. The Kier molecular flexibility index (Phi) is 7.30. The molecule has 0 aliphatic rings. The molecule has 0 atom stereocenters. The first-order valence-corrected chi connectivity index (χ1v) is 7.29. The Morgan fingerprint density at radius 3 is 2.57 bits per heavy atom.